The molecule has 2 heterocycles. The molecule has 0 aliphatic heterocycles. The summed E-state index contributed by atoms with van der Waals surface area (Å²) in [6.45, 7) is 3.77. The van der Waals surface area contributed by atoms with Crippen molar-refractivity contribution in [2.24, 2.45) is 0 Å². The molecule has 0 unspecified atom stereocenters. The van der Waals surface area contributed by atoms with Gasteiger partial charge in [-0.05, 0) is 31.2 Å². The number of rotatable bonds is 5. The highest BCUT2D eigenvalue weighted by Crippen LogP contribution is 2.22. The van der Waals surface area contributed by atoms with E-state index < -0.39 is 0 Å². The molecule has 0 spiro atoms. The average molecular weight is 363 g/mol. The van der Waals surface area contributed by atoms with Crippen LogP contribution in [0.3, 0.4) is 0 Å². The van der Waals surface area contributed by atoms with Gasteiger partial charge in [0.05, 0.1) is 21.9 Å². The Bertz CT molecular complexity index is 857. The smallest absolute Gasteiger partial charge is 0.317 e. The molecular weight excluding hydrogens is 344 g/mol. The molecule has 0 saturated carbocycles. The van der Waals surface area contributed by atoms with Gasteiger partial charge in [0.1, 0.15) is 5.82 Å². The number of imidazole rings is 1. The van der Waals surface area contributed by atoms with E-state index in [9.17, 15) is 4.79 Å². The summed E-state index contributed by atoms with van der Waals surface area (Å²) in [7, 11) is 1.78. The number of benzene rings is 1. The molecule has 5 nitrogen and oxygen atoms in total. The summed E-state index contributed by atoms with van der Waals surface area (Å²) in [4.78, 5) is 19.4. The molecule has 0 aliphatic carbocycles. The number of carbonyl (C=O) groups is 1. The third-order valence-electron chi connectivity index (χ3n) is 3.83. The maximum Gasteiger partial charge on any atom is 0.317 e. The minimum Gasteiger partial charge on any atom is -0.336 e. The molecule has 3 rings (SSSR count). The van der Waals surface area contributed by atoms with E-state index >= 15 is 0 Å². The lowest BCUT2D eigenvalue weighted by atomic mass is 10.3. The quantitative estimate of drug-likeness (QED) is 0.748. The van der Waals surface area contributed by atoms with Crippen LogP contribution in [0, 0.1) is 6.92 Å². The van der Waals surface area contributed by atoms with Crippen molar-refractivity contribution in [2.45, 2.75) is 20.0 Å². The monoisotopic (exact) mass is 362 g/mol. The molecule has 0 aliphatic rings. The van der Waals surface area contributed by atoms with Crippen LogP contribution in [0.25, 0.3) is 11.0 Å². The Balaban J connectivity index is 1.55. The van der Waals surface area contributed by atoms with Crippen LogP contribution in [0.15, 0.2) is 36.4 Å². The fourth-order valence-corrected chi connectivity index (χ4v) is 3.77. The van der Waals surface area contributed by atoms with E-state index in [0.717, 1.165) is 26.1 Å². The summed E-state index contributed by atoms with van der Waals surface area (Å²) < 4.78 is 2.86. The fraction of sp³-hybridized carbons (Fsp3) is 0.294. The number of aromatic nitrogens is 2. The van der Waals surface area contributed by atoms with E-state index in [0.29, 0.717) is 19.6 Å². The Morgan fingerprint density at radius 1 is 1.33 bits per heavy atom. The molecule has 7 heteroatoms. The molecule has 0 atom stereocenters. The van der Waals surface area contributed by atoms with E-state index in [1.165, 1.54) is 11.3 Å². The number of amides is 2. The first-order chi connectivity index (χ1) is 11.5. The van der Waals surface area contributed by atoms with Crippen molar-refractivity contribution in [2.75, 3.05) is 13.6 Å². The van der Waals surface area contributed by atoms with Crippen LogP contribution in [0.4, 0.5) is 4.79 Å². The van der Waals surface area contributed by atoms with Gasteiger partial charge < -0.3 is 14.8 Å². The SMILES string of the molecule is Cc1nc2ccccc2n1CCNC(=O)N(C)Cc1ccc(Cl)s1. The largest absolute Gasteiger partial charge is 0.336 e. The summed E-state index contributed by atoms with van der Waals surface area (Å²) in [5.41, 5.74) is 2.07. The van der Waals surface area contributed by atoms with Crippen molar-refractivity contribution >= 4 is 40.0 Å². The lowest BCUT2D eigenvalue weighted by Gasteiger charge is -2.17. The summed E-state index contributed by atoms with van der Waals surface area (Å²) in [5.74, 6) is 0.951. The van der Waals surface area contributed by atoms with Crippen LogP contribution < -0.4 is 5.32 Å². The molecule has 0 bridgehead atoms. The minimum atomic E-state index is -0.0957. The number of halogens is 1. The van der Waals surface area contributed by atoms with Gasteiger partial charge in [-0.1, -0.05) is 23.7 Å². The van der Waals surface area contributed by atoms with E-state index in [2.05, 4.69) is 14.9 Å². The summed E-state index contributed by atoms with van der Waals surface area (Å²) >= 11 is 7.41. The number of para-hydroxylation sites is 2. The first-order valence-corrected chi connectivity index (χ1v) is 8.89. The third kappa shape index (κ3) is 3.71. The first-order valence-electron chi connectivity index (χ1n) is 7.69. The lowest BCUT2D eigenvalue weighted by molar-refractivity contribution is 0.207. The van der Waals surface area contributed by atoms with Gasteiger partial charge in [0.15, 0.2) is 0 Å². The maximum atomic E-state index is 12.2. The Hall–Kier alpha value is -2.05. The van der Waals surface area contributed by atoms with Crippen molar-refractivity contribution in [3.8, 4) is 0 Å². The van der Waals surface area contributed by atoms with Crippen LogP contribution in [0.1, 0.15) is 10.7 Å². The van der Waals surface area contributed by atoms with Gasteiger partial charge in [0.25, 0.3) is 0 Å². The highest BCUT2D eigenvalue weighted by Gasteiger charge is 2.11. The number of aryl methyl sites for hydroxylation is 1. The second-order valence-corrected chi connectivity index (χ2v) is 7.39. The summed E-state index contributed by atoms with van der Waals surface area (Å²) in [5, 5.41) is 2.95. The zero-order chi connectivity index (χ0) is 17.1. The predicted molar refractivity (Wildman–Crippen MR) is 98.7 cm³/mol. The second kappa shape index (κ2) is 7.23. The lowest BCUT2D eigenvalue weighted by Crippen LogP contribution is -2.38. The molecule has 24 heavy (non-hydrogen) atoms. The van der Waals surface area contributed by atoms with Crippen LogP contribution in [-0.2, 0) is 13.1 Å². The molecule has 3 aromatic rings. The van der Waals surface area contributed by atoms with E-state index in [1.807, 2.05) is 43.3 Å². The molecule has 1 N–H and O–H groups in total. The molecule has 0 saturated heterocycles. The molecule has 0 fully saturated rings. The number of carbonyl (C=O) groups excluding carboxylic acids is 1. The van der Waals surface area contributed by atoms with Crippen molar-refractivity contribution in [3.05, 3.63) is 51.4 Å². The number of urea groups is 1. The van der Waals surface area contributed by atoms with Gasteiger partial charge in [-0.2, -0.15) is 0 Å². The summed E-state index contributed by atoms with van der Waals surface area (Å²) in [6, 6.07) is 11.7. The Morgan fingerprint density at radius 3 is 2.88 bits per heavy atom. The third-order valence-corrected chi connectivity index (χ3v) is 5.04. The first kappa shape index (κ1) is 16.8. The highest BCUT2D eigenvalue weighted by molar-refractivity contribution is 7.16. The Morgan fingerprint density at radius 2 is 2.12 bits per heavy atom. The van der Waals surface area contributed by atoms with Gasteiger partial charge in [0, 0.05) is 25.0 Å². The van der Waals surface area contributed by atoms with Crippen molar-refractivity contribution in [1.29, 1.82) is 0 Å². The van der Waals surface area contributed by atoms with E-state index in [4.69, 9.17) is 11.6 Å². The molecule has 2 amide bonds. The number of hydrogen-bond donors (Lipinski definition) is 1. The molecule has 0 radical (unpaired) electrons. The van der Waals surface area contributed by atoms with Gasteiger partial charge in [0.2, 0.25) is 0 Å². The Kier molecular flexibility index (Phi) is 5.06. The maximum absolute atomic E-state index is 12.2. The van der Waals surface area contributed by atoms with Crippen molar-refractivity contribution < 1.29 is 4.79 Å². The highest BCUT2D eigenvalue weighted by atomic mass is 35.5. The number of nitrogens with one attached hydrogen (secondary N) is 1. The average Bonchev–Trinajstić information content (AvgIpc) is 3.10. The Labute approximate surface area is 149 Å². The van der Waals surface area contributed by atoms with E-state index in [1.54, 1.807) is 11.9 Å². The number of hydrogen-bond acceptors (Lipinski definition) is 3. The number of fused-ring (bicyclic) bond motifs is 1. The number of thiophene rings is 1. The standard InChI is InChI=1S/C17H19ClN4OS/c1-12-20-14-5-3-4-6-15(14)22(12)10-9-19-17(23)21(2)11-13-7-8-16(18)24-13/h3-8H,9-11H2,1-2H3,(H,19,23). The van der Waals surface area contributed by atoms with E-state index in [-0.39, 0.29) is 6.03 Å². The molecule has 2 aromatic heterocycles. The van der Waals surface area contributed by atoms with Gasteiger partial charge in [-0.3, -0.25) is 0 Å². The minimum absolute atomic E-state index is 0.0957. The second-order valence-electron chi connectivity index (χ2n) is 5.59. The van der Waals surface area contributed by atoms with Crippen LogP contribution in [0.5, 0.6) is 0 Å². The molecule has 1 aromatic carbocycles. The number of nitrogens with zero attached hydrogens (tertiary/aromatic N) is 3. The zero-order valence-corrected chi connectivity index (χ0v) is 15.2. The van der Waals surface area contributed by atoms with Crippen LogP contribution >= 0.6 is 22.9 Å². The van der Waals surface area contributed by atoms with Gasteiger partial charge in [-0.15, -0.1) is 11.3 Å². The van der Waals surface area contributed by atoms with Crippen molar-refractivity contribution in [3.63, 3.8) is 0 Å². The fourth-order valence-electron chi connectivity index (χ4n) is 2.63. The van der Waals surface area contributed by atoms with Crippen molar-refractivity contribution in [1.82, 2.24) is 19.8 Å². The van der Waals surface area contributed by atoms with Gasteiger partial charge >= 0.3 is 6.03 Å². The topological polar surface area (TPSA) is 50.2 Å². The summed E-state index contributed by atoms with van der Waals surface area (Å²) in [6.07, 6.45) is 0. The van der Waals surface area contributed by atoms with Gasteiger partial charge in [-0.25, -0.2) is 9.78 Å². The zero-order valence-electron chi connectivity index (χ0n) is 13.6. The van der Waals surface area contributed by atoms with Crippen LogP contribution in [-0.4, -0.2) is 34.1 Å². The normalized spacial score (nSPS) is 11.0. The van der Waals surface area contributed by atoms with Crippen LogP contribution in [0.2, 0.25) is 4.34 Å². The molecular formula is C17H19ClN4OS. The predicted octanol–water partition coefficient (Wildman–Crippen LogP) is 3.90. The molecule has 126 valence electrons.